The van der Waals surface area contributed by atoms with Gasteiger partial charge in [-0.25, -0.2) is 0 Å². The van der Waals surface area contributed by atoms with Crippen LogP contribution in [0.15, 0.2) is 152 Å². The van der Waals surface area contributed by atoms with E-state index in [0.29, 0.717) is 0 Å². The summed E-state index contributed by atoms with van der Waals surface area (Å²) in [6, 6.07) is 54.1. The van der Waals surface area contributed by atoms with Crippen molar-refractivity contribution in [1.29, 1.82) is 0 Å². The standard InChI is InChI=1S/C44H34N4/c1-5-13-29(14-6-1)38-27-37-26-35-22-21-33(45-35)25-34-23-24-36(46-34)28-39-40(30-15-7-2-8-16-30)41(31-17-9-3-10-18-31)44(48-39)42(43(38)47-37)32-19-11-4-12-20-32/h1-22,25-26,28,38,45,48H,23-24,27H2. The Morgan fingerprint density at radius 1 is 0.458 bits per heavy atom. The Bertz CT molecular complexity index is 2410. The third-order valence-corrected chi connectivity index (χ3v) is 9.54. The van der Waals surface area contributed by atoms with Crippen LogP contribution in [-0.4, -0.2) is 19.9 Å². The molecule has 8 bridgehead atoms. The first-order valence-corrected chi connectivity index (χ1v) is 16.7. The highest BCUT2D eigenvalue weighted by atomic mass is 14.8. The largest absolute Gasteiger partial charge is 0.355 e. The first-order valence-electron chi connectivity index (χ1n) is 16.7. The maximum atomic E-state index is 5.53. The molecule has 0 aliphatic carbocycles. The number of aromatic nitrogens is 4. The molecule has 0 spiro atoms. The van der Waals surface area contributed by atoms with Crippen LogP contribution in [0.5, 0.6) is 0 Å². The minimum atomic E-state index is 0.0832. The summed E-state index contributed by atoms with van der Waals surface area (Å²) in [5.41, 5.74) is 16.7. The molecule has 2 aliphatic rings. The topological polar surface area (TPSA) is 57.4 Å². The van der Waals surface area contributed by atoms with E-state index in [1.165, 1.54) is 16.7 Å². The normalized spacial score (nSPS) is 14.2. The molecule has 2 N–H and O–H groups in total. The molecule has 5 heterocycles. The number of nitrogens with zero attached hydrogens (tertiary/aromatic N) is 2. The minimum absolute atomic E-state index is 0.0832. The van der Waals surface area contributed by atoms with Crippen molar-refractivity contribution in [3.8, 4) is 33.4 Å². The molecule has 1 atom stereocenters. The summed E-state index contributed by atoms with van der Waals surface area (Å²) in [6.07, 6.45) is 2.61. The third-order valence-electron chi connectivity index (χ3n) is 9.54. The fraction of sp³-hybridized carbons (Fsp3) is 0.0909. The van der Waals surface area contributed by atoms with E-state index in [1.54, 1.807) is 0 Å². The van der Waals surface area contributed by atoms with Crippen molar-refractivity contribution < 1.29 is 0 Å². The fourth-order valence-electron chi connectivity index (χ4n) is 7.39. The first kappa shape index (κ1) is 28.2. The Hall–Kier alpha value is -6.00. The lowest BCUT2D eigenvalue weighted by Gasteiger charge is -2.15. The number of H-pyrrole nitrogens is 2. The summed E-state index contributed by atoms with van der Waals surface area (Å²) in [7, 11) is 0. The number of nitrogens with one attached hydrogen (secondary N) is 2. The monoisotopic (exact) mass is 618 g/mol. The van der Waals surface area contributed by atoms with Crippen LogP contribution in [0.25, 0.3) is 55.4 Å². The molecule has 0 saturated carbocycles. The molecule has 1 unspecified atom stereocenters. The van der Waals surface area contributed by atoms with Crippen LogP contribution in [-0.2, 0) is 19.3 Å². The lowest BCUT2D eigenvalue weighted by atomic mass is 9.87. The van der Waals surface area contributed by atoms with E-state index in [4.69, 9.17) is 9.97 Å². The first-order chi connectivity index (χ1) is 23.8. The van der Waals surface area contributed by atoms with Crippen molar-refractivity contribution >= 4 is 22.1 Å². The number of fused-ring (bicyclic) bond motifs is 8. The van der Waals surface area contributed by atoms with E-state index in [-0.39, 0.29) is 5.92 Å². The quantitative estimate of drug-likeness (QED) is 0.206. The van der Waals surface area contributed by atoms with Crippen LogP contribution in [0.1, 0.15) is 34.3 Å². The average molecular weight is 619 g/mol. The average Bonchev–Trinajstić information content (AvgIpc) is 3.94. The highest BCUT2D eigenvalue weighted by Gasteiger charge is 2.28. The van der Waals surface area contributed by atoms with Crippen molar-refractivity contribution in [2.75, 3.05) is 0 Å². The highest BCUT2D eigenvalue weighted by Crippen LogP contribution is 2.46. The van der Waals surface area contributed by atoms with Gasteiger partial charge in [0.25, 0.3) is 0 Å². The molecular weight excluding hydrogens is 585 g/mol. The maximum Gasteiger partial charge on any atom is 0.0584 e. The summed E-state index contributed by atoms with van der Waals surface area (Å²) in [5, 5.41) is 0. The van der Waals surface area contributed by atoms with Gasteiger partial charge in [0.1, 0.15) is 0 Å². The van der Waals surface area contributed by atoms with Gasteiger partial charge in [-0.15, -0.1) is 0 Å². The molecule has 0 amide bonds. The molecule has 4 aromatic carbocycles. The van der Waals surface area contributed by atoms with Gasteiger partial charge in [-0.1, -0.05) is 121 Å². The lowest BCUT2D eigenvalue weighted by Crippen LogP contribution is -2.01. The van der Waals surface area contributed by atoms with Gasteiger partial charge < -0.3 is 9.97 Å². The van der Waals surface area contributed by atoms with Crippen LogP contribution >= 0.6 is 0 Å². The predicted molar refractivity (Wildman–Crippen MR) is 197 cm³/mol. The second-order valence-corrected chi connectivity index (χ2v) is 12.7. The van der Waals surface area contributed by atoms with Crippen molar-refractivity contribution in [1.82, 2.24) is 19.9 Å². The molecule has 0 radical (unpaired) electrons. The van der Waals surface area contributed by atoms with Crippen LogP contribution in [0, 0.1) is 0 Å². The molecule has 4 heteroatoms. The molecule has 0 fully saturated rings. The molecule has 7 aromatic rings. The van der Waals surface area contributed by atoms with E-state index in [9.17, 15) is 0 Å². The zero-order valence-electron chi connectivity index (χ0n) is 26.5. The van der Waals surface area contributed by atoms with E-state index >= 15 is 0 Å². The van der Waals surface area contributed by atoms with E-state index < -0.39 is 0 Å². The zero-order valence-corrected chi connectivity index (χ0v) is 26.5. The number of aryl methyl sites for hydroxylation is 2. The van der Waals surface area contributed by atoms with Gasteiger partial charge in [0.05, 0.1) is 11.2 Å². The second-order valence-electron chi connectivity index (χ2n) is 12.7. The molecule has 3 aromatic heterocycles. The fourth-order valence-corrected chi connectivity index (χ4v) is 7.39. The van der Waals surface area contributed by atoms with Gasteiger partial charge in [-0.05, 0) is 65.4 Å². The number of benzene rings is 4. The van der Waals surface area contributed by atoms with Crippen LogP contribution < -0.4 is 0 Å². The summed E-state index contributed by atoms with van der Waals surface area (Å²) < 4.78 is 0. The Morgan fingerprint density at radius 2 is 0.979 bits per heavy atom. The van der Waals surface area contributed by atoms with E-state index in [2.05, 4.69) is 162 Å². The van der Waals surface area contributed by atoms with E-state index in [1.807, 2.05) is 0 Å². The molecule has 2 aliphatic heterocycles. The minimum Gasteiger partial charge on any atom is -0.355 e. The molecular formula is C44H34N4. The van der Waals surface area contributed by atoms with Crippen LogP contribution in [0.2, 0.25) is 0 Å². The third kappa shape index (κ3) is 5.22. The number of rotatable bonds is 4. The molecule has 230 valence electrons. The zero-order chi connectivity index (χ0) is 31.9. The van der Waals surface area contributed by atoms with Crippen molar-refractivity contribution in [2.45, 2.75) is 25.2 Å². The van der Waals surface area contributed by atoms with Crippen molar-refractivity contribution in [3.63, 3.8) is 0 Å². The Morgan fingerprint density at radius 3 is 1.60 bits per heavy atom. The van der Waals surface area contributed by atoms with Gasteiger partial charge in [-0.3, -0.25) is 9.97 Å². The van der Waals surface area contributed by atoms with Gasteiger partial charge in [0.15, 0.2) is 0 Å². The van der Waals surface area contributed by atoms with Crippen molar-refractivity contribution in [2.24, 2.45) is 0 Å². The molecule has 9 rings (SSSR count). The molecule has 48 heavy (non-hydrogen) atoms. The molecule has 4 nitrogen and oxygen atoms in total. The van der Waals surface area contributed by atoms with Gasteiger partial charge in [0.2, 0.25) is 0 Å². The summed E-state index contributed by atoms with van der Waals surface area (Å²) in [5.74, 6) is 0.0832. The van der Waals surface area contributed by atoms with Crippen LogP contribution in [0.4, 0.5) is 0 Å². The van der Waals surface area contributed by atoms with Gasteiger partial charge in [-0.2, -0.15) is 0 Å². The number of hydrogen-bond acceptors (Lipinski definition) is 2. The Kier molecular flexibility index (Phi) is 7.05. The Balaban J connectivity index is 1.52. The summed E-state index contributed by atoms with van der Waals surface area (Å²) in [4.78, 5) is 18.3. The number of aromatic amines is 2. The summed E-state index contributed by atoms with van der Waals surface area (Å²) in [6.45, 7) is 0. The lowest BCUT2D eigenvalue weighted by molar-refractivity contribution is 0.848. The smallest absolute Gasteiger partial charge is 0.0584 e. The maximum absolute atomic E-state index is 5.53. The SMILES string of the molecule is c1ccc(-c2c(-c3ccccc3)c3[nH]c2cc2nc(cc4ccc(cc5nc(c3-c3ccccc3)C(c3ccccc3)C5)[nH]4)CC2)cc1. The predicted octanol–water partition coefficient (Wildman–Crippen LogP) is 10.5. The van der Waals surface area contributed by atoms with Crippen molar-refractivity contribution in [3.05, 3.63) is 180 Å². The highest BCUT2D eigenvalue weighted by molar-refractivity contribution is 6.07. The molecule has 0 saturated heterocycles. The summed E-state index contributed by atoms with van der Waals surface area (Å²) >= 11 is 0. The second kappa shape index (κ2) is 12.0. The Labute approximate surface area is 279 Å². The van der Waals surface area contributed by atoms with Gasteiger partial charge >= 0.3 is 0 Å². The van der Waals surface area contributed by atoms with E-state index in [0.717, 1.165) is 86.4 Å². The van der Waals surface area contributed by atoms with Crippen LogP contribution in [0.3, 0.4) is 0 Å². The van der Waals surface area contributed by atoms with Gasteiger partial charge in [0, 0.05) is 62.7 Å². The number of hydrogen-bond donors (Lipinski definition) is 2.